The highest BCUT2D eigenvalue weighted by Crippen LogP contribution is 2.24. The zero-order chi connectivity index (χ0) is 18.6. The Morgan fingerprint density at radius 3 is 2.52 bits per heavy atom. The molecule has 0 aliphatic heterocycles. The van der Waals surface area contributed by atoms with E-state index in [1.165, 1.54) is 18.2 Å². The number of halogens is 1. The fourth-order valence-electron chi connectivity index (χ4n) is 2.04. The number of nitro benzene ring substituents is 1. The zero-order valence-electron chi connectivity index (χ0n) is 13.0. The largest absolute Gasteiger partial charge is 0.323 e. The van der Waals surface area contributed by atoms with Crippen LogP contribution in [0.4, 0.5) is 17.1 Å². The number of anilines is 2. The molecule has 0 aromatic heterocycles. The van der Waals surface area contributed by atoms with Crippen molar-refractivity contribution in [1.29, 1.82) is 0 Å². The number of hydrogen-bond acceptors (Lipinski definition) is 5. The van der Waals surface area contributed by atoms with Crippen molar-refractivity contribution in [3.05, 3.63) is 63.7 Å². The zero-order valence-corrected chi connectivity index (χ0v) is 14.6. The Labute approximate surface area is 149 Å². The van der Waals surface area contributed by atoms with Crippen LogP contribution >= 0.6 is 11.6 Å². The Hall–Kier alpha value is -2.65. The van der Waals surface area contributed by atoms with E-state index in [0.717, 1.165) is 16.6 Å². The van der Waals surface area contributed by atoms with E-state index in [-0.39, 0.29) is 11.4 Å². The summed E-state index contributed by atoms with van der Waals surface area (Å²) in [4.78, 5) is 22.4. The van der Waals surface area contributed by atoms with Crippen LogP contribution in [-0.2, 0) is 14.8 Å². The lowest BCUT2D eigenvalue weighted by molar-refractivity contribution is -0.384. The van der Waals surface area contributed by atoms with Gasteiger partial charge in [-0.2, -0.15) is 0 Å². The van der Waals surface area contributed by atoms with Gasteiger partial charge in [-0.05, 0) is 18.2 Å². The summed E-state index contributed by atoms with van der Waals surface area (Å²) in [5.41, 5.74) is 0.0744. The second-order valence-electron chi connectivity index (χ2n) is 5.07. The quantitative estimate of drug-likeness (QED) is 0.609. The number of sulfonamides is 1. The van der Waals surface area contributed by atoms with Crippen LogP contribution in [0, 0.1) is 10.1 Å². The van der Waals surface area contributed by atoms with Crippen LogP contribution in [0.3, 0.4) is 0 Å². The Morgan fingerprint density at radius 1 is 1.24 bits per heavy atom. The Kier molecular flexibility index (Phi) is 5.60. The summed E-state index contributed by atoms with van der Waals surface area (Å²) in [6.45, 7) is -0.550. The summed E-state index contributed by atoms with van der Waals surface area (Å²) in [7, 11) is -3.84. The molecule has 0 radical (unpaired) electrons. The SMILES string of the molecule is CS(=O)(=O)N(CC(=O)Nc1ccccc1Cl)c1cccc([N+](=O)[O-])c1. The van der Waals surface area contributed by atoms with E-state index >= 15 is 0 Å². The lowest BCUT2D eigenvalue weighted by Gasteiger charge is -2.21. The van der Waals surface area contributed by atoms with Crippen molar-refractivity contribution < 1.29 is 18.1 Å². The first-order valence-electron chi connectivity index (χ1n) is 6.95. The standard InChI is InChI=1S/C15H14ClN3O5S/c1-25(23,24)18(11-5-4-6-12(9-11)19(21)22)10-15(20)17-14-8-3-2-7-13(14)16/h2-9H,10H2,1H3,(H,17,20). The molecule has 0 spiro atoms. The van der Waals surface area contributed by atoms with E-state index < -0.39 is 27.4 Å². The molecule has 0 unspecified atom stereocenters. The van der Waals surface area contributed by atoms with Crippen LogP contribution in [0.15, 0.2) is 48.5 Å². The fraction of sp³-hybridized carbons (Fsp3) is 0.133. The highest BCUT2D eigenvalue weighted by Gasteiger charge is 2.22. The van der Waals surface area contributed by atoms with E-state index in [0.29, 0.717) is 10.7 Å². The molecule has 0 aliphatic rings. The molecule has 8 nitrogen and oxygen atoms in total. The van der Waals surface area contributed by atoms with Crippen LogP contribution in [0.2, 0.25) is 5.02 Å². The van der Waals surface area contributed by atoms with Crippen molar-refractivity contribution in [3.8, 4) is 0 Å². The van der Waals surface area contributed by atoms with Gasteiger partial charge < -0.3 is 5.32 Å². The molecule has 0 saturated heterocycles. The summed E-state index contributed by atoms with van der Waals surface area (Å²) in [5, 5.41) is 13.7. The molecule has 10 heteroatoms. The first-order valence-corrected chi connectivity index (χ1v) is 9.17. The summed E-state index contributed by atoms with van der Waals surface area (Å²) in [5.74, 6) is -0.634. The Balaban J connectivity index is 2.27. The van der Waals surface area contributed by atoms with Gasteiger partial charge in [0.1, 0.15) is 6.54 Å². The van der Waals surface area contributed by atoms with Crippen LogP contribution in [0.25, 0.3) is 0 Å². The molecule has 132 valence electrons. The molecular formula is C15H14ClN3O5S. The van der Waals surface area contributed by atoms with Gasteiger partial charge in [-0.25, -0.2) is 8.42 Å². The summed E-state index contributed by atoms with van der Waals surface area (Å²) in [6, 6.07) is 11.5. The fourth-order valence-corrected chi connectivity index (χ4v) is 3.08. The lowest BCUT2D eigenvalue weighted by atomic mass is 10.3. The third-order valence-electron chi connectivity index (χ3n) is 3.16. The number of amides is 1. The first kappa shape index (κ1) is 18.7. The molecule has 2 aromatic rings. The van der Waals surface area contributed by atoms with Gasteiger partial charge in [0.05, 0.1) is 27.6 Å². The molecule has 0 heterocycles. The normalized spacial score (nSPS) is 11.0. The number of para-hydroxylation sites is 1. The second-order valence-corrected chi connectivity index (χ2v) is 7.39. The topological polar surface area (TPSA) is 110 Å². The van der Waals surface area contributed by atoms with Crippen molar-refractivity contribution in [2.24, 2.45) is 0 Å². The smallest absolute Gasteiger partial charge is 0.271 e. The highest BCUT2D eigenvalue weighted by atomic mass is 35.5. The molecule has 0 saturated carbocycles. The van der Waals surface area contributed by atoms with Crippen molar-refractivity contribution in [2.75, 3.05) is 22.4 Å². The highest BCUT2D eigenvalue weighted by molar-refractivity contribution is 7.92. The number of rotatable bonds is 6. The van der Waals surface area contributed by atoms with Gasteiger partial charge >= 0.3 is 0 Å². The molecule has 25 heavy (non-hydrogen) atoms. The molecule has 1 N–H and O–H groups in total. The number of hydrogen-bond donors (Lipinski definition) is 1. The molecule has 2 aromatic carbocycles. The van der Waals surface area contributed by atoms with Gasteiger partial charge in [-0.15, -0.1) is 0 Å². The number of non-ortho nitro benzene ring substituents is 1. The third kappa shape index (κ3) is 4.91. The van der Waals surface area contributed by atoms with Gasteiger partial charge in [0.15, 0.2) is 0 Å². The molecule has 2 rings (SSSR count). The molecule has 0 bridgehead atoms. The second kappa shape index (κ2) is 7.49. The number of nitro groups is 1. The monoisotopic (exact) mass is 383 g/mol. The minimum atomic E-state index is -3.84. The molecule has 0 aliphatic carbocycles. The number of benzene rings is 2. The maximum atomic E-state index is 12.2. The van der Waals surface area contributed by atoms with E-state index in [1.54, 1.807) is 24.3 Å². The van der Waals surface area contributed by atoms with Gasteiger partial charge in [0, 0.05) is 12.1 Å². The van der Waals surface area contributed by atoms with Gasteiger partial charge in [0.2, 0.25) is 15.9 Å². The summed E-state index contributed by atoms with van der Waals surface area (Å²) in [6.07, 6.45) is 0.911. The number of nitrogens with zero attached hydrogens (tertiary/aromatic N) is 2. The minimum absolute atomic E-state index is 0.0195. The number of carbonyl (C=O) groups is 1. The summed E-state index contributed by atoms with van der Waals surface area (Å²) < 4.78 is 24.8. The van der Waals surface area contributed by atoms with Crippen molar-refractivity contribution >= 4 is 44.6 Å². The van der Waals surface area contributed by atoms with Gasteiger partial charge in [-0.1, -0.05) is 29.8 Å². The lowest BCUT2D eigenvalue weighted by Crippen LogP contribution is -2.37. The predicted molar refractivity (Wildman–Crippen MR) is 95.4 cm³/mol. The third-order valence-corrected chi connectivity index (χ3v) is 4.63. The van der Waals surface area contributed by atoms with Crippen LogP contribution < -0.4 is 9.62 Å². The van der Waals surface area contributed by atoms with Crippen molar-refractivity contribution in [1.82, 2.24) is 0 Å². The average molecular weight is 384 g/mol. The van der Waals surface area contributed by atoms with E-state index in [2.05, 4.69) is 5.32 Å². The van der Waals surface area contributed by atoms with Crippen molar-refractivity contribution in [2.45, 2.75) is 0 Å². The Morgan fingerprint density at radius 2 is 1.92 bits per heavy atom. The number of nitrogens with one attached hydrogen (secondary N) is 1. The Bertz CT molecular complexity index is 917. The molecular weight excluding hydrogens is 370 g/mol. The van der Waals surface area contributed by atoms with Gasteiger partial charge in [0.25, 0.3) is 5.69 Å². The minimum Gasteiger partial charge on any atom is -0.323 e. The van der Waals surface area contributed by atoms with Crippen molar-refractivity contribution in [3.63, 3.8) is 0 Å². The molecule has 1 amide bonds. The average Bonchev–Trinajstić information content (AvgIpc) is 2.54. The summed E-state index contributed by atoms with van der Waals surface area (Å²) >= 11 is 5.95. The maximum absolute atomic E-state index is 12.2. The van der Waals surface area contributed by atoms with E-state index in [9.17, 15) is 23.3 Å². The van der Waals surface area contributed by atoms with E-state index in [4.69, 9.17) is 11.6 Å². The van der Waals surface area contributed by atoms with Crippen LogP contribution in [0.5, 0.6) is 0 Å². The van der Waals surface area contributed by atoms with Crippen LogP contribution in [0.1, 0.15) is 0 Å². The van der Waals surface area contributed by atoms with Crippen LogP contribution in [-0.4, -0.2) is 32.0 Å². The first-order chi connectivity index (χ1) is 11.7. The van der Waals surface area contributed by atoms with E-state index in [1.807, 2.05) is 0 Å². The maximum Gasteiger partial charge on any atom is 0.271 e. The molecule has 0 atom stereocenters. The van der Waals surface area contributed by atoms with Gasteiger partial charge in [-0.3, -0.25) is 19.2 Å². The molecule has 0 fully saturated rings. The number of carbonyl (C=O) groups excluding carboxylic acids is 1. The predicted octanol–water partition coefficient (Wildman–Crippen LogP) is 2.65.